The Kier molecular flexibility index (Phi) is 4.31. The van der Waals surface area contributed by atoms with Gasteiger partial charge in [0, 0.05) is 24.8 Å². The molecule has 17 heavy (non-hydrogen) atoms. The lowest BCUT2D eigenvalue weighted by Crippen LogP contribution is -2.38. The van der Waals surface area contributed by atoms with Gasteiger partial charge < -0.3 is 10.2 Å². The summed E-state index contributed by atoms with van der Waals surface area (Å²) in [5.74, 6) is 1.81. The van der Waals surface area contributed by atoms with Crippen LogP contribution in [-0.4, -0.2) is 36.1 Å². The van der Waals surface area contributed by atoms with Crippen LogP contribution in [0.5, 0.6) is 0 Å². The molecule has 0 saturated carbocycles. The fraction of sp³-hybridized carbons (Fsp3) is 0.692. The number of nitrogens with zero attached hydrogens (tertiary/aromatic N) is 3. The van der Waals surface area contributed by atoms with E-state index in [0.717, 1.165) is 37.1 Å². The SMILES string of the molecule is CCN(CC1CCCNC1)c1cc(C)ncn1. The second-order valence-corrected chi connectivity index (χ2v) is 4.77. The van der Waals surface area contributed by atoms with Gasteiger partial charge in [0.15, 0.2) is 0 Å². The lowest BCUT2D eigenvalue weighted by molar-refractivity contribution is 0.377. The molecule has 1 aromatic heterocycles. The molecule has 1 aliphatic heterocycles. The van der Waals surface area contributed by atoms with Gasteiger partial charge in [0.1, 0.15) is 12.1 Å². The van der Waals surface area contributed by atoms with Gasteiger partial charge in [0.05, 0.1) is 0 Å². The van der Waals surface area contributed by atoms with E-state index in [1.165, 1.54) is 19.4 Å². The van der Waals surface area contributed by atoms with Gasteiger partial charge in [-0.3, -0.25) is 0 Å². The highest BCUT2D eigenvalue weighted by atomic mass is 15.2. The zero-order chi connectivity index (χ0) is 12.1. The highest BCUT2D eigenvalue weighted by Crippen LogP contribution is 2.16. The summed E-state index contributed by atoms with van der Waals surface area (Å²) >= 11 is 0. The molecule has 0 spiro atoms. The molecule has 4 heteroatoms. The zero-order valence-corrected chi connectivity index (χ0v) is 10.8. The fourth-order valence-corrected chi connectivity index (χ4v) is 2.39. The van der Waals surface area contributed by atoms with Crippen LogP contribution in [0.15, 0.2) is 12.4 Å². The third-order valence-corrected chi connectivity index (χ3v) is 3.37. The Morgan fingerprint density at radius 3 is 3.00 bits per heavy atom. The number of rotatable bonds is 4. The first-order valence-corrected chi connectivity index (χ1v) is 6.54. The van der Waals surface area contributed by atoms with Gasteiger partial charge in [0.2, 0.25) is 0 Å². The van der Waals surface area contributed by atoms with Crippen molar-refractivity contribution in [2.24, 2.45) is 5.92 Å². The van der Waals surface area contributed by atoms with Crippen LogP contribution in [-0.2, 0) is 0 Å². The second kappa shape index (κ2) is 5.96. The van der Waals surface area contributed by atoms with Gasteiger partial charge >= 0.3 is 0 Å². The quantitative estimate of drug-likeness (QED) is 0.859. The molecule has 2 heterocycles. The van der Waals surface area contributed by atoms with Gasteiger partial charge in [-0.2, -0.15) is 0 Å². The largest absolute Gasteiger partial charge is 0.356 e. The van der Waals surface area contributed by atoms with Crippen molar-refractivity contribution in [1.29, 1.82) is 0 Å². The summed E-state index contributed by atoms with van der Waals surface area (Å²) in [6, 6.07) is 2.07. The molecule has 1 aromatic rings. The number of piperidine rings is 1. The predicted molar refractivity (Wildman–Crippen MR) is 70.2 cm³/mol. The van der Waals surface area contributed by atoms with Gasteiger partial charge in [-0.25, -0.2) is 9.97 Å². The minimum atomic E-state index is 0.749. The summed E-state index contributed by atoms with van der Waals surface area (Å²) in [4.78, 5) is 10.9. The van der Waals surface area contributed by atoms with Crippen LogP contribution in [0.1, 0.15) is 25.5 Å². The van der Waals surface area contributed by atoms with E-state index >= 15 is 0 Å². The third kappa shape index (κ3) is 3.40. The first kappa shape index (κ1) is 12.3. The third-order valence-electron chi connectivity index (χ3n) is 3.37. The van der Waals surface area contributed by atoms with Crippen molar-refractivity contribution in [2.45, 2.75) is 26.7 Å². The first-order valence-electron chi connectivity index (χ1n) is 6.54. The van der Waals surface area contributed by atoms with E-state index in [9.17, 15) is 0 Å². The van der Waals surface area contributed by atoms with Crippen molar-refractivity contribution >= 4 is 5.82 Å². The number of nitrogens with one attached hydrogen (secondary N) is 1. The van der Waals surface area contributed by atoms with E-state index in [2.05, 4.69) is 33.2 Å². The van der Waals surface area contributed by atoms with Crippen LogP contribution in [0.2, 0.25) is 0 Å². The minimum absolute atomic E-state index is 0.749. The molecular formula is C13H22N4. The second-order valence-electron chi connectivity index (χ2n) is 4.77. The van der Waals surface area contributed by atoms with Crippen molar-refractivity contribution in [2.75, 3.05) is 31.1 Å². The maximum absolute atomic E-state index is 4.37. The van der Waals surface area contributed by atoms with E-state index in [1.807, 2.05) is 6.92 Å². The van der Waals surface area contributed by atoms with Crippen molar-refractivity contribution < 1.29 is 0 Å². The molecule has 1 aliphatic rings. The van der Waals surface area contributed by atoms with Gasteiger partial charge in [-0.15, -0.1) is 0 Å². The van der Waals surface area contributed by atoms with E-state index in [1.54, 1.807) is 6.33 Å². The highest BCUT2D eigenvalue weighted by Gasteiger charge is 2.17. The molecule has 94 valence electrons. The minimum Gasteiger partial charge on any atom is -0.356 e. The molecule has 1 unspecified atom stereocenters. The molecule has 0 amide bonds. The summed E-state index contributed by atoms with van der Waals surface area (Å²) < 4.78 is 0. The number of hydrogen-bond acceptors (Lipinski definition) is 4. The summed E-state index contributed by atoms with van der Waals surface area (Å²) in [6.07, 6.45) is 4.28. The Morgan fingerprint density at radius 2 is 2.35 bits per heavy atom. The highest BCUT2D eigenvalue weighted by molar-refractivity contribution is 5.38. The van der Waals surface area contributed by atoms with Crippen LogP contribution in [0, 0.1) is 12.8 Å². The summed E-state index contributed by atoms with van der Waals surface area (Å²) in [7, 11) is 0. The molecule has 1 fully saturated rings. The van der Waals surface area contributed by atoms with E-state index in [4.69, 9.17) is 0 Å². The number of anilines is 1. The Labute approximate surface area is 103 Å². The Morgan fingerprint density at radius 1 is 1.47 bits per heavy atom. The smallest absolute Gasteiger partial charge is 0.132 e. The monoisotopic (exact) mass is 234 g/mol. The summed E-state index contributed by atoms with van der Waals surface area (Å²) in [6.45, 7) is 8.62. The normalized spacial score (nSPS) is 20.2. The van der Waals surface area contributed by atoms with Crippen molar-refractivity contribution in [3.63, 3.8) is 0 Å². The van der Waals surface area contributed by atoms with Crippen LogP contribution < -0.4 is 10.2 Å². The van der Waals surface area contributed by atoms with E-state index < -0.39 is 0 Å². The lowest BCUT2D eigenvalue weighted by atomic mass is 9.99. The fourth-order valence-electron chi connectivity index (χ4n) is 2.39. The van der Waals surface area contributed by atoms with E-state index in [-0.39, 0.29) is 0 Å². The standard InChI is InChI=1S/C13H22N4/c1-3-17(9-12-5-4-6-14-8-12)13-7-11(2)15-10-16-13/h7,10,12,14H,3-6,8-9H2,1-2H3. The van der Waals surface area contributed by atoms with Gasteiger partial charge in [0.25, 0.3) is 0 Å². The van der Waals surface area contributed by atoms with Crippen LogP contribution in [0.25, 0.3) is 0 Å². The van der Waals surface area contributed by atoms with Crippen LogP contribution >= 0.6 is 0 Å². The average Bonchev–Trinajstić information content (AvgIpc) is 2.37. The van der Waals surface area contributed by atoms with Gasteiger partial charge in [-0.05, 0) is 45.7 Å². The van der Waals surface area contributed by atoms with Crippen LogP contribution in [0.3, 0.4) is 0 Å². The molecule has 2 rings (SSSR count). The van der Waals surface area contributed by atoms with Crippen molar-refractivity contribution in [3.8, 4) is 0 Å². The lowest BCUT2D eigenvalue weighted by Gasteiger charge is -2.30. The van der Waals surface area contributed by atoms with Crippen LogP contribution in [0.4, 0.5) is 5.82 Å². The topological polar surface area (TPSA) is 41.0 Å². The predicted octanol–water partition coefficient (Wildman–Crippen LogP) is 1.61. The molecule has 1 atom stereocenters. The molecule has 1 N–H and O–H groups in total. The molecule has 0 aromatic carbocycles. The number of aryl methyl sites for hydroxylation is 1. The Balaban J connectivity index is 2.00. The summed E-state index contributed by atoms with van der Waals surface area (Å²) in [5.41, 5.74) is 1.04. The molecule has 0 aliphatic carbocycles. The molecular weight excluding hydrogens is 212 g/mol. The van der Waals surface area contributed by atoms with E-state index in [0.29, 0.717) is 0 Å². The Hall–Kier alpha value is -1.16. The maximum atomic E-state index is 4.37. The molecule has 1 saturated heterocycles. The zero-order valence-electron chi connectivity index (χ0n) is 10.8. The van der Waals surface area contributed by atoms with Crippen molar-refractivity contribution in [3.05, 3.63) is 18.1 Å². The van der Waals surface area contributed by atoms with Crippen molar-refractivity contribution in [1.82, 2.24) is 15.3 Å². The summed E-state index contributed by atoms with van der Waals surface area (Å²) in [5, 5.41) is 3.47. The Bertz CT molecular complexity index is 347. The molecule has 0 radical (unpaired) electrons. The van der Waals surface area contributed by atoms with Gasteiger partial charge in [-0.1, -0.05) is 0 Å². The number of aromatic nitrogens is 2. The average molecular weight is 234 g/mol. The molecule has 4 nitrogen and oxygen atoms in total. The first-order chi connectivity index (χ1) is 8.29. The maximum Gasteiger partial charge on any atom is 0.132 e. The molecule has 0 bridgehead atoms. The number of hydrogen-bond donors (Lipinski definition) is 1.